The standard InChI is InChI=1S/C25H25N3O3.H2/c1-28(2)15-17-6-8-18(9-7-17)20-4-3-5-23(26-20)27-24(29)25(12-13-25)19-10-11-21-22(14-19)31-16-30-21;/h3-11,14H,12-13,15-16H2,1-2H3,(H,26,27,29);1H. The third kappa shape index (κ3) is 3.86. The third-order valence-corrected chi connectivity index (χ3v) is 5.85. The van der Waals surface area contributed by atoms with E-state index in [1.54, 1.807) is 0 Å². The van der Waals surface area contributed by atoms with Gasteiger partial charge in [-0.05, 0) is 62.3 Å². The van der Waals surface area contributed by atoms with Crippen LogP contribution in [0.3, 0.4) is 0 Å². The van der Waals surface area contributed by atoms with E-state index in [0.717, 1.165) is 42.0 Å². The molecule has 31 heavy (non-hydrogen) atoms. The number of carbonyl (C=O) groups excluding carboxylic acids is 1. The number of hydrogen-bond donors (Lipinski definition) is 1. The summed E-state index contributed by atoms with van der Waals surface area (Å²) in [7, 11) is 4.11. The van der Waals surface area contributed by atoms with E-state index in [9.17, 15) is 4.79 Å². The van der Waals surface area contributed by atoms with Crippen molar-refractivity contribution in [3.8, 4) is 22.8 Å². The number of ether oxygens (including phenoxy) is 2. The lowest BCUT2D eigenvalue weighted by atomic mass is 9.94. The number of fused-ring (bicyclic) bond motifs is 1. The molecule has 0 radical (unpaired) electrons. The van der Waals surface area contributed by atoms with E-state index in [0.29, 0.717) is 11.6 Å². The van der Waals surface area contributed by atoms with Crippen molar-refractivity contribution in [3.63, 3.8) is 0 Å². The largest absolute Gasteiger partial charge is 0.454 e. The van der Waals surface area contributed by atoms with E-state index < -0.39 is 5.41 Å². The molecule has 6 heteroatoms. The van der Waals surface area contributed by atoms with Crippen molar-refractivity contribution in [2.45, 2.75) is 24.8 Å². The highest BCUT2D eigenvalue weighted by atomic mass is 16.7. The molecule has 1 aromatic heterocycles. The molecule has 2 aromatic carbocycles. The molecule has 0 spiro atoms. The monoisotopic (exact) mass is 417 g/mol. The Hall–Kier alpha value is -3.38. The van der Waals surface area contributed by atoms with Gasteiger partial charge in [-0.15, -0.1) is 0 Å². The Morgan fingerprint density at radius 1 is 1.06 bits per heavy atom. The van der Waals surface area contributed by atoms with Crippen LogP contribution in [0.25, 0.3) is 11.3 Å². The summed E-state index contributed by atoms with van der Waals surface area (Å²) in [6.07, 6.45) is 1.62. The van der Waals surface area contributed by atoms with Crippen molar-refractivity contribution in [1.29, 1.82) is 0 Å². The smallest absolute Gasteiger partial charge is 0.236 e. The molecule has 1 N–H and O–H groups in total. The first kappa shape index (κ1) is 19.6. The maximum Gasteiger partial charge on any atom is 0.236 e. The van der Waals surface area contributed by atoms with E-state index in [1.165, 1.54) is 5.56 Å². The van der Waals surface area contributed by atoms with Crippen molar-refractivity contribution < 1.29 is 15.7 Å². The fraction of sp³-hybridized carbons (Fsp3) is 0.280. The van der Waals surface area contributed by atoms with Gasteiger partial charge in [0.15, 0.2) is 11.5 Å². The number of pyridine rings is 1. The minimum Gasteiger partial charge on any atom is -0.454 e. The van der Waals surface area contributed by atoms with Gasteiger partial charge in [0.25, 0.3) is 0 Å². The maximum atomic E-state index is 13.2. The number of benzene rings is 2. The van der Waals surface area contributed by atoms with Gasteiger partial charge in [-0.25, -0.2) is 4.98 Å². The topological polar surface area (TPSA) is 63.7 Å². The number of nitrogens with one attached hydrogen (secondary N) is 1. The summed E-state index contributed by atoms with van der Waals surface area (Å²) in [5, 5.41) is 3.03. The average Bonchev–Trinajstić information content (AvgIpc) is 3.45. The highest BCUT2D eigenvalue weighted by molar-refractivity contribution is 6.01. The van der Waals surface area contributed by atoms with Crippen molar-refractivity contribution >= 4 is 11.7 Å². The van der Waals surface area contributed by atoms with E-state index in [-0.39, 0.29) is 14.1 Å². The molecule has 1 saturated carbocycles. The Morgan fingerprint density at radius 3 is 2.58 bits per heavy atom. The number of aromatic nitrogens is 1. The summed E-state index contributed by atoms with van der Waals surface area (Å²) in [5.41, 5.74) is 3.55. The Labute approximate surface area is 183 Å². The first-order valence-corrected chi connectivity index (χ1v) is 10.5. The predicted octanol–water partition coefficient (Wildman–Crippen LogP) is 4.46. The second-order valence-electron chi connectivity index (χ2n) is 8.45. The minimum atomic E-state index is -0.521. The Morgan fingerprint density at radius 2 is 1.84 bits per heavy atom. The van der Waals surface area contributed by atoms with Gasteiger partial charge in [-0.2, -0.15) is 0 Å². The number of hydrogen-bond acceptors (Lipinski definition) is 5. The molecule has 5 rings (SSSR count). The van der Waals surface area contributed by atoms with Gasteiger partial charge >= 0.3 is 0 Å². The molecule has 1 aliphatic carbocycles. The Bertz CT molecular complexity index is 1130. The highest BCUT2D eigenvalue weighted by Crippen LogP contribution is 2.51. The van der Waals surface area contributed by atoms with Crippen molar-refractivity contribution in [2.24, 2.45) is 0 Å². The number of amides is 1. The molecule has 6 nitrogen and oxygen atoms in total. The molecule has 1 aliphatic heterocycles. The zero-order valence-electron chi connectivity index (χ0n) is 17.7. The first-order chi connectivity index (χ1) is 15.0. The average molecular weight is 418 g/mol. The van der Waals surface area contributed by atoms with E-state index in [4.69, 9.17) is 9.47 Å². The van der Waals surface area contributed by atoms with Crippen LogP contribution >= 0.6 is 0 Å². The van der Waals surface area contributed by atoms with E-state index in [1.807, 2.05) is 36.4 Å². The lowest BCUT2D eigenvalue weighted by Gasteiger charge is -2.16. The summed E-state index contributed by atoms with van der Waals surface area (Å²) >= 11 is 0. The van der Waals surface area contributed by atoms with E-state index in [2.05, 4.69) is 53.6 Å². The minimum absolute atomic E-state index is 0. The van der Waals surface area contributed by atoms with Crippen LogP contribution in [0.15, 0.2) is 60.7 Å². The number of rotatable bonds is 6. The second-order valence-corrected chi connectivity index (χ2v) is 8.45. The summed E-state index contributed by atoms with van der Waals surface area (Å²) in [4.78, 5) is 20.0. The van der Waals surface area contributed by atoms with Crippen LogP contribution in [0, 0.1) is 0 Å². The number of anilines is 1. The second kappa shape index (κ2) is 7.71. The van der Waals surface area contributed by atoms with Crippen molar-refractivity contribution in [1.82, 2.24) is 9.88 Å². The Balaban J connectivity index is 0.00000245. The van der Waals surface area contributed by atoms with Crippen LogP contribution in [0.2, 0.25) is 0 Å². The molecule has 0 bridgehead atoms. The van der Waals surface area contributed by atoms with Crippen LogP contribution in [-0.2, 0) is 16.8 Å². The normalized spacial score (nSPS) is 15.7. The molecule has 2 heterocycles. The lowest BCUT2D eigenvalue weighted by Crippen LogP contribution is -2.28. The van der Waals surface area contributed by atoms with Gasteiger partial charge < -0.3 is 19.7 Å². The van der Waals surface area contributed by atoms with Gasteiger partial charge in [-0.3, -0.25) is 4.79 Å². The van der Waals surface area contributed by atoms with Gasteiger partial charge in [-0.1, -0.05) is 36.4 Å². The van der Waals surface area contributed by atoms with Gasteiger partial charge in [0.2, 0.25) is 12.7 Å². The van der Waals surface area contributed by atoms with Gasteiger partial charge in [0.05, 0.1) is 11.1 Å². The van der Waals surface area contributed by atoms with Gasteiger partial charge in [0, 0.05) is 13.5 Å². The quantitative estimate of drug-likeness (QED) is 0.642. The Kier molecular flexibility index (Phi) is 4.87. The molecule has 3 aromatic rings. The molecule has 1 amide bonds. The molecule has 0 saturated heterocycles. The van der Waals surface area contributed by atoms with Crippen LogP contribution in [0.5, 0.6) is 11.5 Å². The van der Waals surface area contributed by atoms with Crippen molar-refractivity contribution in [3.05, 3.63) is 71.8 Å². The first-order valence-electron chi connectivity index (χ1n) is 10.5. The summed E-state index contributed by atoms with van der Waals surface area (Å²) < 4.78 is 10.9. The molecule has 1 fully saturated rings. The zero-order chi connectivity index (χ0) is 21.4. The molecular weight excluding hydrogens is 390 g/mol. The molecule has 160 valence electrons. The van der Waals surface area contributed by atoms with Crippen LogP contribution in [0.1, 0.15) is 25.4 Å². The lowest BCUT2D eigenvalue weighted by molar-refractivity contribution is -0.118. The van der Waals surface area contributed by atoms with Crippen LogP contribution < -0.4 is 14.8 Å². The fourth-order valence-corrected chi connectivity index (χ4v) is 4.01. The summed E-state index contributed by atoms with van der Waals surface area (Å²) in [5.74, 6) is 1.96. The summed E-state index contributed by atoms with van der Waals surface area (Å²) in [6, 6.07) is 19.8. The van der Waals surface area contributed by atoms with Crippen LogP contribution in [0.4, 0.5) is 5.82 Å². The van der Waals surface area contributed by atoms with Gasteiger partial charge in [0.1, 0.15) is 5.82 Å². The summed E-state index contributed by atoms with van der Waals surface area (Å²) in [6.45, 7) is 1.12. The van der Waals surface area contributed by atoms with Crippen LogP contribution in [-0.4, -0.2) is 36.7 Å². The molecule has 0 unspecified atom stereocenters. The molecule has 2 aliphatic rings. The number of carbonyl (C=O) groups is 1. The predicted molar refractivity (Wildman–Crippen MR) is 121 cm³/mol. The SMILES string of the molecule is CN(C)Cc1ccc(-c2cccc(NC(=O)C3(c4ccc5c(c4)OCO5)CC3)n2)cc1.[HH]. The van der Waals surface area contributed by atoms with Crippen molar-refractivity contribution in [2.75, 3.05) is 26.2 Å². The molecular formula is C25H27N3O3. The maximum absolute atomic E-state index is 13.2. The highest BCUT2D eigenvalue weighted by Gasteiger charge is 2.51. The van der Waals surface area contributed by atoms with E-state index >= 15 is 0 Å². The molecule has 0 atom stereocenters. The zero-order valence-corrected chi connectivity index (χ0v) is 17.7. The third-order valence-electron chi connectivity index (χ3n) is 5.85. The number of nitrogens with zero attached hydrogens (tertiary/aromatic N) is 2. The fourth-order valence-electron chi connectivity index (χ4n) is 4.01.